The lowest BCUT2D eigenvalue weighted by molar-refractivity contribution is 0.423. The van der Waals surface area contributed by atoms with Crippen LogP contribution in [0.1, 0.15) is 39.7 Å². The van der Waals surface area contributed by atoms with Gasteiger partial charge in [0.25, 0.3) is 0 Å². The fourth-order valence-electron chi connectivity index (χ4n) is 2.53. The number of nitrogens with one attached hydrogen (secondary N) is 1. The van der Waals surface area contributed by atoms with Crippen LogP contribution in [0, 0.1) is 17.7 Å². The van der Waals surface area contributed by atoms with Crippen molar-refractivity contribution in [2.75, 3.05) is 18.5 Å². The fraction of sp³-hybridized carbons (Fsp3) is 0.647. The maximum Gasteiger partial charge on any atom is 0.123 e. The van der Waals surface area contributed by atoms with Crippen molar-refractivity contribution in [2.24, 2.45) is 11.8 Å². The number of benzene rings is 1. The van der Waals surface area contributed by atoms with Gasteiger partial charge in [-0.15, -0.1) is 0 Å². The number of hydrogen-bond acceptors (Lipinski definition) is 2. The second-order valence-corrected chi connectivity index (χ2v) is 7.23. The van der Waals surface area contributed by atoms with Gasteiger partial charge in [0.15, 0.2) is 0 Å². The minimum atomic E-state index is -0.160. The first kappa shape index (κ1) is 15.3. The largest absolute Gasteiger partial charge is 0.374 e. The van der Waals surface area contributed by atoms with E-state index >= 15 is 0 Å². The maximum atomic E-state index is 13.5. The van der Waals surface area contributed by atoms with Gasteiger partial charge in [-0.2, -0.15) is 0 Å². The van der Waals surface area contributed by atoms with Crippen molar-refractivity contribution >= 4 is 5.69 Å². The van der Waals surface area contributed by atoms with Gasteiger partial charge >= 0.3 is 0 Å². The standard InChI is InChI=1S/C17H27FN2/c1-12-8-14(12)11-20(5)16-7-6-15(18)9-13(16)10-19-17(2,3)4/h6-7,9,12,14,19H,8,10-11H2,1-5H3. The van der Waals surface area contributed by atoms with Crippen LogP contribution in [0.3, 0.4) is 0 Å². The number of halogens is 1. The van der Waals surface area contributed by atoms with Crippen LogP contribution in [-0.2, 0) is 6.54 Å². The molecular weight excluding hydrogens is 251 g/mol. The van der Waals surface area contributed by atoms with Gasteiger partial charge in [-0.3, -0.25) is 0 Å². The van der Waals surface area contributed by atoms with E-state index in [9.17, 15) is 4.39 Å². The monoisotopic (exact) mass is 278 g/mol. The van der Waals surface area contributed by atoms with Crippen LogP contribution in [0.25, 0.3) is 0 Å². The van der Waals surface area contributed by atoms with Gasteiger partial charge in [0, 0.05) is 31.4 Å². The predicted molar refractivity (Wildman–Crippen MR) is 83.5 cm³/mol. The van der Waals surface area contributed by atoms with Crippen LogP contribution in [0.5, 0.6) is 0 Å². The molecule has 1 aliphatic carbocycles. The first-order valence-electron chi connectivity index (χ1n) is 7.51. The Labute approximate surface area is 122 Å². The second kappa shape index (κ2) is 5.72. The third kappa shape index (κ3) is 4.20. The fourth-order valence-corrected chi connectivity index (χ4v) is 2.53. The number of anilines is 1. The zero-order chi connectivity index (χ0) is 14.9. The van der Waals surface area contributed by atoms with E-state index < -0.39 is 0 Å². The molecule has 3 heteroatoms. The van der Waals surface area contributed by atoms with Crippen molar-refractivity contribution in [3.05, 3.63) is 29.6 Å². The minimum Gasteiger partial charge on any atom is -0.374 e. The molecule has 2 atom stereocenters. The molecule has 0 aromatic heterocycles. The van der Waals surface area contributed by atoms with E-state index in [4.69, 9.17) is 0 Å². The highest BCUT2D eigenvalue weighted by atomic mass is 19.1. The highest BCUT2D eigenvalue weighted by molar-refractivity contribution is 5.53. The van der Waals surface area contributed by atoms with Gasteiger partial charge < -0.3 is 10.2 Å². The summed E-state index contributed by atoms with van der Waals surface area (Å²) < 4.78 is 13.5. The first-order chi connectivity index (χ1) is 9.26. The molecule has 1 saturated carbocycles. The molecular formula is C17H27FN2. The number of nitrogens with zero attached hydrogens (tertiary/aromatic N) is 1. The Hall–Kier alpha value is -1.09. The molecule has 0 aliphatic heterocycles. The summed E-state index contributed by atoms with van der Waals surface area (Å²) in [5.41, 5.74) is 2.21. The molecule has 1 fully saturated rings. The molecule has 0 spiro atoms. The van der Waals surface area contributed by atoms with Crippen molar-refractivity contribution in [2.45, 2.75) is 46.2 Å². The van der Waals surface area contributed by atoms with Crippen molar-refractivity contribution in [3.8, 4) is 0 Å². The van der Waals surface area contributed by atoms with Gasteiger partial charge in [-0.05, 0) is 62.8 Å². The van der Waals surface area contributed by atoms with Crippen LogP contribution in [-0.4, -0.2) is 19.1 Å². The zero-order valence-electron chi connectivity index (χ0n) is 13.3. The van der Waals surface area contributed by atoms with E-state index in [1.54, 1.807) is 12.1 Å². The lowest BCUT2D eigenvalue weighted by atomic mass is 10.1. The van der Waals surface area contributed by atoms with Gasteiger partial charge in [0.2, 0.25) is 0 Å². The molecule has 1 aromatic rings. The third-order valence-corrected chi connectivity index (χ3v) is 4.05. The molecule has 1 aliphatic rings. The summed E-state index contributed by atoms with van der Waals surface area (Å²) >= 11 is 0. The summed E-state index contributed by atoms with van der Waals surface area (Å²) in [4.78, 5) is 2.27. The molecule has 0 amide bonds. The quantitative estimate of drug-likeness (QED) is 0.881. The first-order valence-corrected chi connectivity index (χ1v) is 7.51. The van der Waals surface area contributed by atoms with Crippen molar-refractivity contribution < 1.29 is 4.39 Å². The van der Waals surface area contributed by atoms with Gasteiger partial charge in [-0.25, -0.2) is 4.39 Å². The van der Waals surface area contributed by atoms with Gasteiger partial charge in [0.1, 0.15) is 5.82 Å². The lowest BCUT2D eigenvalue weighted by Crippen LogP contribution is -2.35. The smallest absolute Gasteiger partial charge is 0.123 e. The summed E-state index contributed by atoms with van der Waals surface area (Å²) in [5, 5.41) is 3.45. The Morgan fingerprint density at radius 2 is 2.00 bits per heavy atom. The third-order valence-electron chi connectivity index (χ3n) is 4.05. The highest BCUT2D eigenvalue weighted by Crippen LogP contribution is 2.39. The van der Waals surface area contributed by atoms with Crippen molar-refractivity contribution in [1.29, 1.82) is 0 Å². The van der Waals surface area contributed by atoms with Crippen LogP contribution in [0.2, 0.25) is 0 Å². The molecule has 0 radical (unpaired) electrons. The maximum absolute atomic E-state index is 13.5. The Kier molecular flexibility index (Phi) is 4.38. The highest BCUT2D eigenvalue weighted by Gasteiger charge is 2.33. The molecule has 0 saturated heterocycles. The Morgan fingerprint density at radius 1 is 1.35 bits per heavy atom. The molecule has 20 heavy (non-hydrogen) atoms. The average molecular weight is 278 g/mol. The second-order valence-electron chi connectivity index (χ2n) is 7.23. The number of rotatable bonds is 5. The van der Waals surface area contributed by atoms with E-state index in [1.807, 2.05) is 6.07 Å². The SMILES string of the molecule is CC1CC1CN(C)c1ccc(F)cc1CNC(C)(C)C. The van der Waals surface area contributed by atoms with Gasteiger partial charge in [-0.1, -0.05) is 6.92 Å². The van der Waals surface area contributed by atoms with Crippen molar-refractivity contribution in [3.63, 3.8) is 0 Å². The zero-order valence-corrected chi connectivity index (χ0v) is 13.3. The lowest BCUT2D eigenvalue weighted by Gasteiger charge is -2.26. The summed E-state index contributed by atoms with van der Waals surface area (Å²) in [6.45, 7) is 10.4. The molecule has 0 heterocycles. The Balaban J connectivity index is 2.10. The molecule has 2 nitrogen and oxygen atoms in total. The summed E-state index contributed by atoms with van der Waals surface area (Å²) in [6, 6.07) is 5.12. The average Bonchev–Trinajstić information content (AvgIpc) is 3.01. The van der Waals surface area contributed by atoms with Gasteiger partial charge in [0.05, 0.1) is 0 Å². The van der Waals surface area contributed by atoms with E-state index in [0.717, 1.165) is 29.6 Å². The van der Waals surface area contributed by atoms with Crippen LogP contribution in [0.4, 0.5) is 10.1 Å². The topological polar surface area (TPSA) is 15.3 Å². The summed E-state index contributed by atoms with van der Waals surface area (Å²) in [7, 11) is 2.11. The van der Waals surface area contributed by atoms with Crippen LogP contribution < -0.4 is 10.2 Å². The molecule has 0 bridgehead atoms. The molecule has 1 N–H and O–H groups in total. The Bertz CT molecular complexity index is 465. The minimum absolute atomic E-state index is 0.0349. The predicted octanol–water partition coefficient (Wildman–Crippen LogP) is 3.81. The van der Waals surface area contributed by atoms with Crippen LogP contribution in [0.15, 0.2) is 18.2 Å². The van der Waals surface area contributed by atoms with Crippen LogP contribution >= 0.6 is 0 Å². The summed E-state index contributed by atoms with van der Waals surface area (Å²) in [5.74, 6) is 1.48. The summed E-state index contributed by atoms with van der Waals surface area (Å²) in [6.07, 6.45) is 1.32. The van der Waals surface area contributed by atoms with E-state index in [1.165, 1.54) is 6.42 Å². The molecule has 2 rings (SSSR count). The van der Waals surface area contributed by atoms with E-state index in [-0.39, 0.29) is 11.4 Å². The van der Waals surface area contributed by atoms with E-state index in [0.29, 0.717) is 6.54 Å². The van der Waals surface area contributed by atoms with E-state index in [2.05, 4.69) is 45.0 Å². The Morgan fingerprint density at radius 3 is 2.55 bits per heavy atom. The molecule has 112 valence electrons. The normalized spacial score (nSPS) is 21.9. The van der Waals surface area contributed by atoms with Crippen molar-refractivity contribution in [1.82, 2.24) is 5.32 Å². The number of hydrogen-bond donors (Lipinski definition) is 1. The molecule has 2 unspecified atom stereocenters. The molecule has 1 aromatic carbocycles.